The third kappa shape index (κ3) is 608. The van der Waals surface area contributed by atoms with Crippen molar-refractivity contribution in [3.63, 3.8) is 0 Å². The molecule has 0 aliphatic heterocycles. The second-order valence-corrected chi connectivity index (χ2v) is 4.50. The smallest absolute Gasteiger partial charge is 0.894 e. The van der Waals surface area contributed by atoms with Crippen molar-refractivity contribution in [2.75, 3.05) is 0 Å². The summed E-state index contributed by atoms with van der Waals surface area (Å²) in [5, 5.41) is 0. The average Bonchev–Trinajstić information content (AvgIpc) is 1.41. The SMILES string of the molecule is [Li+].[Li+].[Li+].[Li+].[Li+].[Li+].[Li+].[Li+].[Li+].[Li+].[Li+].[Li+].[O-][Si]([O-])([O-])[O-].[O-][Si]([O-])([O-])[O-].[O-][Si]([O-])([O-])[O-]. The molecule has 0 fully saturated rings. The van der Waals surface area contributed by atoms with Gasteiger partial charge in [-0.25, -0.2) is 0 Å². The first-order chi connectivity index (χ1) is 6.00. The van der Waals surface area contributed by atoms with Gasteiger partial charge in [-0.05, 0) is 0 Å². The van der Waals surface area contributed by atoms with Crippen LogP contribution in [0.1, 0.15) is 0 Å². The summed E-state index contributed by atoms with van der Waals surface area (Å²) in [7, 11) is -16.8. The zero-order valence-corrected chi connectivity index (χ0v) is 21.4. The van der Waals surface area contributed by atoms with Gasteiger partial charge in [0.25, 0.3) is 0 Å². The summed E-state index contributed by atoms with van der Waals surface area (Å²) in [6, 6.07) is 0. The Kier molecular flexibility index (Phi) is 205. The van der Waals surface area contributed by atoms with E-state index in [-0.39, 0.29) is 226 Å². The third-order valence-electron chi connectivity index (χ3n) is 0. The quantitative estimate of drug-likeness (QED) is 0.364. The number of rotatable bonds is 0. The normalized spacial score (nSPS) is 6.67. The van der Waals surface area contributed by atoms with Gasteiger partial charge >= 0.3 is 226 Å². The van der Waals surface area contributed by atoms with Gasteiger partial charge in [-0.15, -0.1) is 0 Å². The predicted molar refractivity (Wildman–Crippen MR) is 17.3 cm³/mol. The first-order valence-corrected chi connectivity index (χ1v) is 7.35. The van der Waals surface area contributed by atoms with Crippen LogP contribution < -0.4 is 284 Å². The van der Waals surface area contributed by atoms with Crippen LogP contribution in [0.25, 0.3) is 0 Å². The number of hydrogen-bond acceptors (Lipinski definition) is 12. The zero-order chi connectivity index (χ0) is 13.5. The fourth-order valence-electron chi connectivity index (χ4n) is 0. The van der Waals surface area contributed by atoms with Crippen LogP contribution in [0.15, 0.2) is 0 Å². The van der Waals surface area contributed by atoms with Crippen molar-refractivity contribution < 1.29 is 284 Å². The van der Waals surface area contributed by atoms with E-state index < -0.39 is 27.1 Å². The first-order valence-electron chi connectivity index (χ1n) is 2.45. The maximum Gasteiger partial charge on any atom is 1.00 e. The maximum atomic E-state index is 8.58. The van der Waals surface area contributed by atoms with E-state index in [0.717, 1.165) is 0 Å². The molecule has 0 aliphatic carbocycles. The Morgan fingerprint density at radius 1 is 0.185 bits per heavy atom. The molecule has 0 unspecified atom stereocenters. The minimum atomic E-state index is -5.61. The van der Waals surface area contributed by atoms with Gasteiger partial charge in [0.1, 0.15) is 0 Å². The van der Waals surface area contributed by atoms with Gasteiger partial charge in [0.05, 0.1) is 0 Å². The van der Waals surface area contributed by atoms with Gasteiger partial charge in [0.2, 0.25) is 0 Å². The Bertz CT molecular complexity index is 113. The molecule has 0 amide bonds. The van der Waals surface area contributed by atoms with Crippen LogP contribution in [-0.4, -0.2) is 27.1 Å². The fourth-order valence-corrected chi connectivity index (χ4v) is 0. The summed E-state index contributed by atoms with van der Waals surface area (Å²) in [6.07, 6.45) is 0. The summed E-state index contributed by atoms with van der Waals surface area (Å²) >= 11 is 0. The van der Waals surface area contributed by atoms with Crippen LogP contribution in [0.3, 0.4) is 0 Å². The van der Waals surface area contributed by atoms with Crippen molar-refractivity contribution in [1.29, 1.82) is 0 Å². The van der Waals surface area contributed by atoms with Crippen LogP contribution in [0.5, 0.6) is 0 Å². The summed E-state index contributed by atoms with van der Waals surface area (Å²) in [5.74, 6) is 0. The largest absolute Gasteiger partial charge is 1.00 e. The van der Waals surface area contributed by atoms with Crippen molar-refractivity contribution in [2.45, 2.75) is 0 Å². The molecule has 0 rings (SSSR count). The molecule has 0 heterocycles. The topological polar surface area (TPSA) is 277 Å². The fraction of sp³-hybridized carbons (Fsp3) is 0. The Morgan fingerprint density at radius 2 is 0.185 bits per heavy atom. The zero-order valence-electron chi connectivity index (χ0n) is 18.4. The summed E-state index contributed by atoms with van der Waals surface area (Å²) < 4.78 is 0. The summed E-state index contributed by atoms with van der Waals surface area (Å²) in [5.41, 5.74) is 0. The molecule has 0 aromatic carbocycles. The molecule has 0 aromatic heterocycles. The minimum absolute atomic E-state index is 0. The van der Waals surface area contributed by atoms with Gasteiger partial charge in [0.15, 0.2) is 0 Å². The van der Waals surface area contributed by atoms with E-state index in [1.807, 2.05) is 0 Å². The molecule has 0 aromatic rings. The van der Waals surface area contributed by atoms with Crippen molar-refractivity contribution in [3.05, 3.63) is 0 Å². The van der Waals surface area contributed by atoms with Gasteiger partial charge in [-0.1, -0.05) is 0 Å². The molecule has 0 spiro atoms. The van der Waals surface area contributed by atoms with Gasteiger partial charge in [0, 0.05) is 0 Å². The Balaban J connectivity index is -0.00000000503. The minimum Gasteiger partial charge on any atom is -0.894 e. The molecule has 0 aliphatic rings. The predicted octanol–water partition coefficient (Wildman–Crippen LogP) is -51.4. The van der Waals surface area contributed by atoms with Crippen molar-refractivity contribution in [2.24, 2.45) is 0 Å². The van der Waals surface area contributed by atoms with E-state index in [0.29, 0.717) is 0 Å². The molecular weight excluding hydrogens is 360 g/mol. The monoisotopic (exact) mass is 360 g/mol. The maximum absolute atomic E-state index is 8.58. The van der Waals surface area contributed by atoms with Gasteiger partial charge in [-0.2, -0.15) is 0 Å². The molecule has 0 N–H and O–H groups in total. The van der Waals surface area contributed by atoms with E-state index in [9.17, 15) is 0 Å². The molecule has 0 radical (unpaired) electrons. The second kappa shape index (κ2) is 54.3. The molecule has 12 nitrogen and oxygen atoms in total. The van der Waals surface area contributed by atoms with Crippen LogP contribution in [0.2, 0.25) is 0 Å². The molecular formula is Li12O12Si3. The van der Waals surface area contributed by atoms with E-state index in [1.165, 1.54) is 0 Å². The molecule has 27 heavy (non-hydrogen) atoms. The van der Waals surface area contributed by atoms with E-state index in [1.54, 1.807) is 0 Å². The summed E-state index contributed by atoms with van der Waals surface area (Å²) in [6.45, 7) is 0. The molecule has 27 heteroatoms. The van der Waals surface area contributed by atoms with Crippen LogP contribution in [0.4, 0.5) is 0 Å². The van der Waals surface area contributed by atoms with Gasteiger partial charge in [-0.3, -0.25) is 0 Å². The van der Waals surface area contributed by atoms with Crippen molar-refractivity contribution in [3.8, 4) is 0 Å². The Morgan fingerprint density at radius 3 is 0.185 bits per heavy atom. The Labute approximate surface area is 305 Å². The average molecular weight is 360 g/mol. The Hall–Kier alpha value is 7.34. The van der Waals surface area contributed by atoms with E-state index in [2.05, 4.69) is 0 Å². The standard InChI is InChI=1S/12Li.3O4Si/c;;;;;;;;;;;;3*1-5(2,3)4/q12*+1;3*-4. The molecule has 0 saturated heterocycles. The van der Waals surface area contributed by atoms with E-state index >= 15 is 0 Å². The second-order valence-electron chi connectivity index (χ2n) is 1.50. The number of hydrogen-bond donors (Lipinski definition) is 0. The van der Waals surface area contributed by atoms with Crippen LogP contribution >= 0.6 is 0 Å². The van der Waals surface area contributed by atoms with Crippen LogP contribution in [-0.2, 0) is 0 Å². The molecule has 96 valence electrons. The van der Waals surface area contributed by atoms with Crippen LogP contribution in [0, 0.1) is 0 Å². The van der Waals surface area contributed by atoms with Gasteiger partial charge < -0.3 is 84.7 Å². The molecule has 0 atom stereocenters. The molecule has 0 saturated carbocycles. The van der Waals surface area contributed by atoms with E-state index in [4.69, 9.17) is 57.5 Å². The first kappa shape index (κ1) is 102. The summed E-state index contributed by atoms with van der Waals surface area (Å²) in [4.78, 5) is 103. The van der Waals surface area contributed by atoms with Crippen molar-refractivity contribution >= 4 is 27.1 Å². The third-order valence-corrected chi connectivity index (χ3v) is 0. The van der Waals surface area contributed by atoms with Crippen molar-refractivity contribution in [1.82, 2.24) is 0 Å². The molecule has 0 bridgehead atoms.